The normalized spacial score (nSPS) is 12.8. The first-order valence-corrected chi connectivity index (χ1v) is 15.1. The van der Waals surface area contributed by atoms with Crippen molar-refractivity contribution in [2.75, 3.05) is 23.9 Å². The fourth-order valence-electron chi connectivity index (χ4n) is 4.36. The first-order chi connectivity index (χ1) is 18.8. The predicted octanol–water partition coefficient (Wildman–Crippen LogP) is 6.27. The number of nitrogens with zero attached hydrogens (tertiary/aromatic N) is 1. The molecule has 2 aromatic rings. The van der Waals surface area contributed by atoms with Crippen molar-refractivity contribution in [3.63, 3.8) is 0 Å². The van der Waals surface area contributed by atoms with Crippen LogP contribution in [-0.2, 0) is 14.3 Å². The van der Waals surface area contributed by atoms with Gasteiger partial charge in [-0.1, -0.05) is 37.6 Å². The Hall–Kier alpha value is -3.20. The number of phenolic OH excluding ortho intramolecular Hbond substituents is 1. The van der Waals surface area contributed by atoms with E-state index in [-0.39, 0.29) is 17.6 Å². The molecule has 0 bridgehead atoms. The van der Waals surface area contributed by atoms with Crippen LogP contribution in [0.25, 0.3) is 0 Å². The van der Waals surface area contributed by atoms with Gasteiger partial charge in [-0.05, 0) is 101 Å². The molecule has 0 aliphatic rings. The number of rotatable bonds is 12. The molecule has 0 aliphatic heterocycles. The van der Waals surface area contributed by atoms with Crippen LogP contribution in [-0.4, -0.2) is 58.1 Å². The largest absolute Gasteiger partial charge is 0.508 e. The zero-order valence-corrected chi connectivity index (χ0v) is 25.9. The van der Waals surface area contributed by atoms with Crippen LogP contribution in [0, 0.1) is 20.8 Å². The summed E-state index contributed by atoms with van der Waals surface area (Å²) < 4.78 is 5.45. The molecule has 9 heteroatoms. The minimum Gasteiger partial charge on any atom is -0.508 e. The molecule has 2 atom stereocenters. The molecule has 0 aromatic heterocycles. The van der Waals surface area contributed by atoms with Crippen molar-refractivity contribution in [1.29, 1.82) is 0 Å². The van der Waals surface area contributed by atoms with E-state index in [4.69, 9.17) is 4.74 Å². The van der Waals surface area contributed by atoms with Crippen molar-refractivity contribution in [2.24, 2.45) is 0 Å². The van der Waals surface area contributed by atoms with E-state index < -0.39 is 23.8 Å². The third-order valence-electron chi connectivity index (χ3n) is 6.46. The summed E-state index contributed by atoms with van der Waals surface area (Å²) in [7, 11) is 0. The van der Waals surface area contributed by atoms with E-state index in [1.807, 2.05) is 45.2 Å². The van der Waals surface area contributed by atoms with E-state index in [0.29, 0.717) is 42.0 Å². The van der Waals surface area contributed by atoms with E-state index in [9.17, 15) is 19.5 Å². The third kappa shape index (κ3) is 9.47. The fourth-order valence-corrected chi connectivity index (χ4v) is 4.83. The maximum Gasteiger partial charge on any atom is 0.408 e. The number of hydrogen-bond donors (Lipinski definition) is 3. The van der Waals surface area contributed by atoms with Gasteiger partial charge >= 0.3 is 6.09 Å². The van der Waals surface area contributed by atoms with Crippen molar-refractivity contribution in [3.05, 3.63) is 58.7 Å². The van der Waals surface area contributed by atoms with E-state index >= 15 is 0 Å². The van der Waals surface area contributed by atoms with Gasteiger partial charge in [-0.25, -0.2) is 4.79 Å². The molecule has 0 saturated carbocycles. The number of anilines is 1. The van der Waals surface area contributed by atoms with Gasteiger partial charge in [0.15, 0.2) is 0 Å². The SMILES string of the molecule is CCCCN(C(=O)C(CCSC)NC(=O)OC(C)(C)C)C(C(=O)Nc1c(C)cccc1C)c1ccc(O)c(C)c1. The van der Waals surface area contributed by atoms with Gasteiger partial charge < -0.3 is 25.4 Å². The van der Waals surface area contributed by atoms with Crippen molar-refractivity contribution in [1.82, 2.24) is 10.2 Å². The molecule has 0 saturated heterocycles. The molecule has 3 N–H and O–H groups in total. The summed E-state index contributed by atoms with van der Waals surface area (Å²) in [5.41, 5.74) is 2.95. The van der Waals surface area contributed by atoms with Gasteiger partial charge in [-0.15, -0.1) is 0 Å². The Bertz CT molecular complexity index is 1160. The van der Waals surface area contributed by atoms with Crippen LogP contribution < -0.4 is 10.6 Å². The number of para-hydroxylation sites is 1. The number of thioether (sulfide) groups is 1. The summed E-state index contributed by atoms with van der Waals surface area (Å²) in [6.45, 7) is 13.2. The number of nitrogens with one attached hydrogen (secondary N) is 2. The van der Waals surface area contributed by atoms with Gasteiger partial charge in [-0.2, -0.15) is 11.8 Å². The number of alkyl carbamates (subject to hydrolysis) is 1. The molecule has 0 aliphatic carbocycles. The second-order valence-electron chi connectivity index (χ2n) is 11.1. The highest BCUT2D eigenvalue weighted by Gasteiger charge is 2.36. The highest BCUT2D eigenvalue weighted by atomic mass is 32.2. The van der Waals surface area contributed by atoms with Crippen molar-refractivity contribution >= 4 is 35.4 Å². The average molecular weight is 572 g/mol. The summed E-state index contributed by atoms with van der Waals surface area (Å²) in [6, 6.07) is 8.84. The Kier molecular flexibility index (Phi) is 12.4. The summed E-state index contributed by atoms with van der Waals surface area (Å²) in [6.07, 6.45) is 3.10. The number of unbranched alkanes of at least 4 members (excludes halogenated alkanes) is 1. The number of amides is 3. The molecular weight excluding hydrogens is 526 g/mol. The summed E-state index contributed by atoms with van der Waals surface area (Å²) in [5, 5.41) is 16.0. The lowest BCUT2D eigenvalue weighted by Gasteiger charge is -2.35. The van der Waals surface area contributed by atoms with Crippen LogP contribution in [0.3, 0.4) is 0 Å². The van der Waals surface area contributed by atoms with Crippen LogP contribution in [0.2, 0.25) is 0 Å². The standard InChI is InChI=1S/C31H45N3O5S/c1-9-10-17-34(29(37)24(16-18-40-8)32-30(38)39-31(5,6)7)27(23-14-15-25(35)22(4)19-23)28(36)33-26-20(2)12-11-13-21(26)3/h11-15,19,24,27,35H,9-10,16-18H2,1-8H3,(H,32,38)(H,33,36). The minimum atomic E-state index is -0.991. The number of aromatic hydroxyl groups is 1. The fraction of sp³-hybridized carbons (Fsp3) is 0.516. The molecule has 2 unspecified atom stereocenters. The number of carbonyl (C=O) groups is 3. The quantitative estimate of drug-likeness (QED) is 0.277. The second-order valence-corrected chi connectivity index (χ2v) is 12.1. The molecule has 8 nitrogen and oxygen atoms in total. The Labute approximate surface area is 243 Å². The van der Waals surface area contributed by atoms with Gasteiger partial charge in [0.2, 0.25) is 5.91 Å². The lowest BCUT2D eigenvalue weighted by molar-refractivity contribution is -0.141. The second kappa shape index (κ2) is 15.0. The number of benzene rings is 2. The average Bonchev–Trinajstić information content (AvgIpc) is 2.86. The highest BCUT2D eigenvalue weighted by Crippen LogP contribution is 2.30. The molecule has 0 spiro atoms. The Morgan fingerprint density at radius 1 is 1.05 bits per heavy atom. The van der Waals surface area contributed by atoms with Crippen molar-refractivity contribution in [2.45, 2.75) is 85.4 Å². The highest BCUT2D eigenvalue weighted by molar-refractivity contribution is 7.98. The molecule has 0 fully saturated rings. The number of hydrogen-bond acceptors (Lipinski definition) is 6. The number of aryl methyl sites for hydroxylation is 3. The maximum atomic E-state index is 14.2. The number of carbonyl (C=O) groups excluding carboxylic acids is 3. The smallest absolute Gasteiger partial charge is 0.408 e. The lowest BCUT2D eigenvalue weighted by atomic mass is 9.99. The molecule has 40 heavy (non-hydrogen) atoms. The van der Waals surface area contributed by atoms with E-state index in [2.05, 4.69) is 10.6 Å². The monoisotopic (exact) mass is 571 g/mol. The van der Waals surface area contributed by atoms with Crippen molar-refractivity contribution < 1.29 is 24.2 Å². The summed E-state index contributed by atoms with van der Waals surface area (Å²) in [5.74, 6) is 0.00731. The maximum absolute atomic E-state index is 14.2. The zero-order chi connectivity index (χ0) is 30.0. The van der Waals surface area contributed by atoms with E-state index in [0.717, 1.165) is 17.5 Å². The summed E-state index contributed by atoms with van der Waals surface area (Å²) in [4.78, 5) is 42.6. The van der Waals surface area contributed by atoms with Gasteiger partial charge in [0.1, 0.15) is 23.4 Å². The molecular formula is C31H45N3O5S. The molecule has 3 amide bonds. The Balaban J connectivity index is 2.59. The van der Waals surface area contributed by atoms with Crippen LogP contribution >= 0.6 is 11.8 Å². The molecule has 0 heterocycles. The lowest BCUT2D eigenvalue weighted by Crippen LogP contribution is -2.52. The number of phenols is 1. The zero-order valence-electron chi connectivity index (χ0n) is 25.1. The van der Waals surface area contributed by atoms with Gasteiger partial charge in [0, 0.05) is 12.2 Å². The molecule has 0 radical (unpaired) electrons. The molecule has 2 aromatic carbocycles. The van der Waals surface area contributed by atoms with Gasteiger partial charge in [0.05, 0.1) is 0 Å². The Morgan fingerprint density at radius 3 is 2.25 bits per heavy atom. The summed E-state index contributed by atoms with van der Waals surface area (Å²) >= 11 is 1.57. The van der Waals surface area contributed by atoms with Crippen LogP contribution in [0.15, 0.2) is 36.4 Å². The van der Waals surface area contributed by atoms with Crippen LogP contribution in [0.4, 0.5) is 10.5 Å². The third-order valence-corrected chi connectivity index (χ3v) is 7.11. The van der Waals surface area contributed by atoms with Gasteiger partial charge in [0.25, 0.3) is 5.91 Å². The molecule has 2 rings (SSSR count). The molecule has 220 valence electrons. The predicted molar refractivity (Wildman–Crippen MR) is 163 cm³/mol. The van der Waals surface area contributed by atoms with Crippen molar-refractivity contribution in [3.8, 4) is 5.75 Å². The first-order valence-electron chi connectivity index (χ1n) is 13.7. The first kappa shape index (κ1) is 33.0. The van der Waals surface area contributed by atoms with Gasteiger partial charge in [-0.3, -0.25) is 9.59 Å². The van der Waals surface area contributed by atoms with Crippen LogP contribution in [0.1, 0.15) is 75.3 Å². The number of ether oxygens (including phenoxy) is 1. The van der Waals surface area contributed by atoms with Crippen LogP contribution in [0.5, 0.6) is 5.75 Å². The van der Waals surface area contributed by atoms with E-state index in [1.165, 1.54) is 6.07 Å². The van der Waals surface area contributed by atoms with E-state index in [1.54, 1.807) is 56.5 Å². The Morgan fingerprint density at radius 2 is 1.70 bits per heavy atom. The topological polar surface area (TPSA) is 108 Å². The minimum absolute atomic E-state index is 0.105.